The van der Waals surface area contributed by atoms with E-state index >= 15 is 0 Å². The molecular formula is C16H30IN5O. The summed E-state index contributed by atoms with van der Waals surface area (Å²) in [5, 5.41) is 11.0. The van der Waals surface area contributed by atoms with Crippen molar-refractivity contribution in [2.24, 2.45) is 17.5 Å². The Morgan fingerprint density at radius 2 is 2.22 bits per heavy atom. The second kappa shape index (κ2) is 10.1. The average Bonchev–Trinajstić information content (AvgIpc) is 2.88. The molecule has 1 aliphatic carbocycles. The largest absolute Gasteiger partial charge is 0.385 e. The molecule has 6 nitrogen and oxygen atoms in total. The number of hydrogen-bond acceptors (Lipinski definition) is 3. The fourth-order valence-corrected chi connectivity index (χ4v) is 2.84. The smallest absolute Gasteiger partial charge is 0.191 e. The van der Waals surface area contributed by atoms with E-state index in [1.807, 2.05) is 17.8 Å². The van der Waals surface area contributed by atoms with Crippen molar-refractivity contribution in [1.29, 1.82) is 0 Å². The molecule has 0 aromatic carbocycles. The van der Waals surface area contributed by atoms with Gasteiger partial charge in [-0.15, -0.1) is 24.0 Å². The quantitative estimate of drug-likeness (QED) is 0.374. The highest BCUT2D eigenvalue weighted by Crippen LogP contribution is 2.43. The lowest BCUT2D eigenvalue weighted by Gasteiger charge is -2.42. The maximum absolute atomic E-state index is 5.25. The van der Waals surface area contributed by atoms with Gasteiger partial charge in [-0.25, -0.2) is 4.99 Å². The highest BCUT2D eigenvalue weighted by atomic mass is 127. The lowest BCUT2D eigenvalue weighted by atomic mass is 9.67. The van der Waals surface area contributed by atoms with Crippen molar-refractivity contribution in [3.63, 3.8) is 0 Å². The van der Waals surface area contributed by atoms with Gasteiger partial charge in [-0.1, -0.05) is 6.42 Å². The zero-order valence-electron chi connectivity index (χ0n) is 14.5. The van der Waals surface area contributed by atoms with Gasteiger partial charge in [0, 0.05) is 40.1 Å². The van der Waals surface area contributed by atoms with Crippen LogP contribution in [0.4, 0.5) is 0 Å². The Balaban J connectivity index is 0.00000264. The molecule has 0 aliphatic heterocycles. The minimum absolute atomic E-state index is 0. The third-order valence-corrected chi connectivity index (χ3v) is 4.55. The van der Waals surface area contributed by atoms with Crippen LogP contribution in [0.25, 0.3) is 0 Å². The van der Waals surface area contributed by atoms with Crippen molar-refractivity contribution < 1.29 is 4.74 Å². The number of aryl methyl sites for hydroxylation is 1. The molecule has 0 saturated heterocycles. The van der Waals surface area contributed by atoms with Gasteiger partial charge in [0.15, 0.2) is 5.96 Å². The molecule has 132 valence electrons. The molecule has 7 heteroatoms. The summed E-state index contributed by atoms with van der Waals surface area (Å²) >= 11 is 0. The number of halogens is 1. The van der Waals surface area contributed by atoms with Crippen molar-refractivity contribution in [2.75, 3.05) is 26.8 Å². The molecule has 2 N–H and O–H groups in total. The first kappa shape index (κ1) is 20.2. The van der Waals surface area contributed by atoms with Crippen LogP contribution in [0.15, 0.2) is 17.3 Å². The SMILES string of the molecule is CCNC(=NCc1ccnn1C)NCC1(CCOC)CCC1.I. The van der Waals surface area contributed by atoms with E-state index < -0.39 is 0 Å². The Morgan fingerprint density at radius 1 is 1.43 bits per heavy atom. The summed E-state index contributed by atoms with van der Waals surface area (Å²) < 4.78 is 7.11. The van der Waals surface area contributed by atoms with Crippen molar-refractivity contribution in [3.8, 4) is 0 Å². The third kappa shape index (κ3) is 5.95. The first-order chi connectivity index (χ1) is 10.7. The van der Waals surface area contributed by atoms with Gasteiger partial charge < -0.3 is 15.4 Å². The predicted molar refractivity (Wildman–Crippen MR) is 104 cm³/mol. The normalized spacial score (nSPS) is 16.4. The fourth-order valence-electron chi connectivity index (χ4n) is 2.84. The average molecular weight is 435 g/mol. The van der Waals surface area contributed by atoms with E-state index in [1.54, 1.807) is 13.3 Å². The van der Waals surface area contributed by atoms with Crippen LogP contribution < -0.4 is 10.6 Å². The molecule has 1 saturated carbocycles. The number of rotatable bonds is 8. The predicted octanol–water partition coefficient (Wildman–Crippen LogP) is 2.30. The topological polar surface area (TPSA) is 63.5 Å². The molecule has 0 bridgehead atoms. The van der Waals surface area contributed by atoms with E-state index in [9.17, 15) is 0 Å². The fraction of sp³-hybridized carbons (Fsp3) is 0.750. The van der Waals surface area contributed by atoms with E-state index in [0.717, 1.165) is 37.8 Å². The molecule has 1 aromatic heterocycles. The molecule has 0 amide bonds. The number of guanidine groups is 1. The number of methoxy groups -OCH3 is 1. The minimum Gasteiger partial charge on any atom is -0.385 e. The molecule has 0 atom stereocenters. The molecule has 23 heavy (non-hydrogen) atoms. The van der Waals surface area contributed by atoms with Gasteiger partial charge in [0.05, 0.1) is 12.2 Å². The number of aliphatic imine (C=N–C) groups is 1. The van der Waals surface area contributed by atoms with Gasteiger partial charge >= 0.3 is 0 Å². The van der Waals surface area contributed by atoms with E-state index in [1.165, 1.54) is 19.3 Å². The van der Waals surface area contributed by atoms with Crippen molar-refractivity contribution in [1.82, 2.24) is 20.4 Å². The molecule has 0 radical (unpaired) electrons. The van der Waals surface area contributed by atoms with Crippen LogP contribution in [-0.2, 0) is 18.3 Å². The van der Waals surface area contributed by atoms with Crippen molar-refractivity contribution in [3.05, 3.63) is 18.0 Å². The Morgan fingerprint density at radius 3 is 2.74 bits per heavy atom. The molecule has 1 aliphatic rings. The molecule has 1 heterocycles. The van der Waals surface area contributed by atoms with E-state index in [0.29, 0.717) is 12.0 Å². The van der Waals surface area contributed by atoms with Crippen molar-refractivity contribution >= 4 is 29.9 Å². The van der Waals surface area contributed by atoms with Crippen LogP contribution in [0.2, 0.25) is 0 Å². The van der Waals surface area contributed by atoms with Gasteiger partial charge in [0.25, 0.3) is 0 Å². The number of nitrogens with one attached hydrogen (secondary N) is 2. The zero-order chi connectivity index (χ0) is 15.8. The minimum atomic E-state index is 0. The van der Waals surface area contributed by atoms with Gasteiger partial charge in [-0.3, -0.25) is 4.68 Å². The molecule has 1 fully saturated rings. The summed E-state index contributed by atoms with van der Waals surface area (Å²) in [6.07, 6.45) is 6.82. The van der Waals surface area contributed by atoms with Gasteiger partial charge in [-0.05, 0) is 37.7 Å². The zero-order valence-corrected chi connectivity index (χ0v) is 16.8. The summed E-state index contributed by atoms with van der Waals surface area (Å²) in [4.78, 5) is 4.66. The maximum atomic E-state index is 5.25. The van der Waals surface area contributed by atoms with E-state index in [4.69, 9.17) is 4.74 Å². The number of nitrogens with zero attached hydrogens (tertiary/aromatic N) is 3. The van der Waals surface area contributed by atoms with Crippen LogP contribution in [0.1, 0.15) is 38.3 Å². The van der Waals surface area contributed by atoms with Crippen LogP contribution in [-0.4, -0.2) is 42.5 Å². The van der Waals surface area contributed by atoms with Crippen LogP contribution in [0.5, 0.6) is 0 Å². The summed E-state index contributed by atoms with van der Waals surface area (Å²) in [6.45, 7) is 5.39. The van der Waals surface area contributed by atoms with E-state index in [2.05, 4.69) is 27.6 Å². The lowest BCUT2D eigenvalue weighted by molar-refractivity contribution is 0.0732. The molecule has 1 aromatic rings. The first-order valence-electron chi connectivity index (χ1n) is 8.17. The number of hydrogen-bond donors (Lipinski definition) is 2. The van der Waals surface area contributed by atoms with Crippen LogP contribution in [0.3, 0.4) is 0 Å². The summed E-state index contributed by atoms with van der Waals surface area (Å²) in [5.74, 6) is 0.882. The van der Waals surface area contributed by atoms with Gasteiger partial charge in [0.2, 0.25) is 0 Å². The Hall–Kier alpha value is -0.830. The van der Waals surface area contributed by atoms with Crippen LogP contribution >= 0.6 is 24.0 Å². The standard InChI is InChI=1S/C16H29N5O.HI/c1-4-17-15(18-12-14-6-10-20-21(14)2)19-13-16(7-5-8-16)9-11-22-3;/h6,10H,4-5,7-9,11-13H2,1-3H3,(H2,17,18,19);1H. The summed E-state index contributed by atoms with van der Waals surface area (Å²) in [6, 6.07) is 2.00. The second-order valence-corrected chi connectivity index (χ2v) is 6.09. The maximum Gasteiger partial charge on any atom is 0.191 e. The first-order valence-corrected chi connectivity index (χ1v) is 8.17. The monoisotopic (exact) mass is 435 g/mol. The van der Waals surface area contributed by atoms with E-state index in [-0.39, 0.29) is 24.0 Å². The Labute approximate surface area is 156 Å². The lowest BCUT2D eigenvalue weighted by Crippen LogP contribution is -2.47. The molecule has 2 rings (SSSR count). The summed E-state index contributed by atoms with van der Waals surface area (Å²) in [5.41, 5.74) is 1.49. The van der Waals surface area contributed by atoms with Crippen LogP contribution in [0, 0.1) is 5.41 Å². The van der Waals surface area contributed by atoms with Crippen molar-refractivity contribution in [2.45, 2.75) is 39.2 Å². The molecule has 0 spiro atoms. The third-order valence-electron chi connectivity index (χ3n) is 4.55. The second-order valence-electron chi connectivity index (χ2n) is 6.09. The van der Waals surface area contributed by atoms with Gasteiger partial charge in [-0.2, -0.15) is 5.10 Å². The molecule has 0 unspecified atom stereocenters. The van der Waals surface area contributed by atoms with Gasteiger partial charge in [0.1, 0.15) is 0 Å². The Bertz CT molecular complexity index is 485. The summed E-state index contributed by atoms with van der Waals surface area (Å²) in [7, 11) is 3.72. The highest BCUT2D eigenvalue weighted by Gasteiger charge is 2.36. The highest BCUT2D eigenvalue weighted by molar-refractivity contribution is 14.0. The molecular weight excluding hydrogens is 405 g/mol. The number of ether oxygens (including phenoxy) is 1. The Kier molecular flexibility index (Phi) is 8.90. The number of aromatic nitrogens is 2.